The molecule has 0 aromatic heterocycles. The Kier molecular flexibility index (Phi) is 4.79. The number of phenolic OH excluding ortho intramolecular Hbond substituents is 2. The van der Waals surface area contributed by atoms with Crippen molar-refractivity contribution >= 4 is 0 Å². The molecule has 4 nitrogen and oxygen atoms in total. The third kappa shape index (κ3) is 4.11. The predicted molar refractivity (Wildman–Crippen MR) is 85.7 cm³/mol. The maximum atomic E-state index is 9.93. The summed E-state index contributed by atoms with van der Waals surface area (Å²) in [5, 5.41) is 22.9. The molecule has 1 aliphatic heterocycles. The molecule has 3 N–H and O–H groups in total. The zero-order valence-corrected chi connectivity index (χ0v) is 13.6. The van der Waals surface area contributed by atoms with Gasteiger partial charge in [-0.05, 0) is 46.6 Å². The van der Waals surface area contributed by atoms with Crippen LogP contribution >= 0.6 is 0 Å². The van der Waals surface area contributed by atoms with E-state index in [0.717, 1.165) is 31.5 Å². The van der Waals surface area contributed by atoms with Gasteiger partial charge in [-0.15, -0.1) is 0 Å². The number of rotatable bonds is 3. The van der Waals surface area contributed by atoms with Crippen molar-refractivity contribution in [3.63, 3.8) is 0 Å². The summed E-state index contributed by atoms with van der Waals surface area (Å²) in [6.45, 7) is 11.1. The van der Waals surface area contributed by atoms with Gasteiger partial charge in [-0.3, -0.25) is 4.90 Å². The lowest BCUT2D eigenvalue weighted by Crippen LogP contribution is -2.50. The minimum absolute atomic E-state index is 0.0804. The fourth-order valence-corrected chi connectivity index (χ4v) is 3.06. The molecule has 0 radical (unpaired) electrons. The molecule has 1 aromatic rings. The van der Waals surface area contributed by atoms with Crippen LogP contribution in [0.4, 0.5) is 0 Å². The first-order valence-corrected chi connectivity index (χ1v) is 7.80. The second kappa shape index (κ2) is 6.24. The minimum Gasteiger partial charge on any atom is -0.508 e. The van der Waals surface area contributed by atoms with Crippen LogP contribution in [0.3, 0.4) is 0 Å². The van der Waals surface area contributed by atoms with Crippen LogP contribution in [0.1, 0.15) is 52.1 Å². The summed E-state index contributed by atoms with van der Waals surface area (Å²) in [6.07, 6.45) is 2.25. The van der Waals surface area contributed by atoms with E-state index in [-0.39, 0.29) is 23.1 Å². The number of hydrogen-bond acceptors (Lipinski definition) is 4. The second-order valence-corrected chi connectivity index (χ2v) is 7.06. The monoisotopic (exact) mass is 292 g/mol. The molecule has 1 unspecified atom stereocenters. The maximum Gasteiger partial charge on any atom is 0.124 e. The molecule has 0 spiro atoms. The van der Waals surface area contributed by atoms with Gasteiger partial charge >= 0.3 is 0 Å². The first-order chi connectivity index (χ1) is 9.77. The molecule has 1 fully saturated rings. The number of piperidine rings is 1. The zero-order valence-electron chi connectivity index (χ0n) is 13.6. The van der Waals surface area contributed by atoms with Crippen molar-refractivity contribution in [2.24, 2.45) is 0 Å². The Morgan fingerprint density at radius 2 is 1.81 bits per heavy atom. The Hall–Kier alpha value is -1.26. The highest BCUT2D eigenvalue weighted by molar-refractivity contribution is 5.40. The van der Waals surface area contributed by atoms with Crippen LogP contribution in [0, 0.1) is 0 Å². The number of likely N-dealkylation sites (tertiary alicyclic amines) is 1. The van der Waals surface area contributed by atoms with Crippen molar-refractivity contribution in [3.05, 3.63) is 23.8 Å². The van der Waals surface area contributed by atoms with Gasteiger partial charge in [0.25, 0.3) is 0 Å². The molecular formula is C17H28N2O2. The van der Waals surface area contributed by atoms with E-state index >= 15 is 0 Å². The minimum atomic E-state index is 0.0804. The molecule has 4 heteroatoms. The van der Waals surface area contributed by atoms with Gasteiger partial charge in [-0.25, -0.2) is 0 Å². The zero-order chi connectivity index (χ0) is 15.6. The van der Waals surface area contributed by atoms with Gasteiger partial charge < -0.3 is 15.5 Å². The fraction of sp³-hybridized carbons (Fsp3) is 0.647. The summed E-state index contributed by atoms with van der Waals surface area (Å²) < 4.78 is 0. The summed E-state index contributed by atoms with van der Waals surface area (Å²) in [6, 6.07) is 5.36. The highest BCUT2D eigenvalue weighted by Crippen LogP contribution is 2.29. The molecule has 0 bridgehead atoms. The molecule has 1 heterocycles. The van der Waals surface area contributed by atoms with Crippen LogP contribution in [0.25, 0.3) is 0 Å². The highest BCUT2D eigenvalue weighted by Gasteiger charge is 2.27. The Balaban J connectivity index is 1.91. The molecule has 1 aromatic carbocycles. The van der Waals surface area contributed by atoms with E-state index < -0.39 is 0 Å². The molecule has 0 aliphatic carbocycles. The van der Waals surface area contributed by atoms with E-state index in [2.05, 4.69) is 37.9 Å². The average molecular weight is 292 g/mol. The van der Waals surface area contributed by atoms with Crippen molar-refractivity contribution in [2.75, 3.05) is 13.1 Å². The van der Waals surface area contributed by atoms with Crippen LogP contribution in [0.5, 0.6) is 11.5 Å². The third-order valence-electron chi connectivity index (χ3n) is 4.41. The largest absolute Gasteiger partial charge is 0.508 e. The predicted octanol–water partition coefficient (Wildman–Crippen LogP) is 3.01. The lowest BCUT2D eigenvalue weighted by molar-refractivity contribution is 0.0942. The van der Waals surface area contributed by atoms with E-state index in [4.69, 9.17) is 0 Å². The standard InChI is InChI=1S/C17H28N2O2/c1-12(15-6-5-14(20)11-16(15)21)18-13-7-9-19(10-8-13)17(2,3)4/h5-6,11-13,18,20-21H,7-10H2,1-4H3. The molecule has 1 aliphatic rings. The molecule has 118 valence electrons. The van der Waals surface area contributed by atoms with E-state index in [1.807, 2.05) is 0 Å². The number of nitrogens with zero attached hydrogens (tertiary/aromatic N) is 1. The molecule has 21 heavy (non-hydrogen) atoms. The van der Waals surface area contributed by atoms with Crippen LogP contribution in [-0.2, 0) is 0 Å². The van der Waals surface area contributed by atoms with E-state index in [0.29, 0.717) is 6.04 Å². The van der Waals surface area contributed by atoms with Gasteiger partial charge in [-0.2, -0.15) is 0 Å². The number of nitrogens with one attached hydrogen (secondary N) is 1. The third-order valence-corrected chi connectivity index (χ3v) is 4.41. The van der Waals surface area contributed by atoms with Crippen LogP contribution < -0.4 is 5.32 Å². The van der Waals surface area contributed by atoms with Crippen molar-refractivity contribution in [1.29, 1.82) is 0 Å². The molecule has 0 amide bonds. The van der Waals surface area contributed by atoms with E-state index in [1.54, 1.807) is 12.1 Å². The van der Waals surface area contributed by atoms with Crippen LogP contribution in [0.15, 0.2) is 18.2 Å². The van der Waals surface area contributed by atoms with Gasteiger partial charge in [0.2, 0.25) is 0 Å². The van der Waals surface area contributed by atoms with Gasteiger partial charge in [0.1, 0.15) is 11.5 Å². The van der Waals surface area contributed by atoms with Crippen LogP contribution in [-0.4, -0.2) is 39.8 Å². The maximum absolute atomic E-state index is 9.93. The Bertz CT molecular complexity index is 474. The summed E-state index contributed by atoms with van der Waals surface area (Å²) >= 11 is 0. The number of hydrogen-bond donors (Lipinski definition) is 3. The number of aromatic hydroxyl groups is 2. The molecular weight excluding hydrogens is 264 g/mol. The van der Waals surface area contributed by atoms with Gasteiger partial charge in [0.15, 0.2) is 0 Å². The van der Waals surface area contributed by atoms with Gasteiger partial charge in [-0.1, -0.05) is 6.07 Å². The average Bonchev–Trinajstić information content (AvgIpc) is 2.38. The van der Waals surface area contributed by atoms with E-state index in [1.165, 1.54) is 6.07 Å². The van der Waals surface area contributed by atoms with Crippen molar-refractivity contribution in [3.8, 4) is 11.5 Å². The van der Waals surface area contributed by atoms with Crippen molar-refractivity contribution in [1.82, 2.24) is 10.2 Å². The lowest BCUT2D eigenvalue weighted by Gasteiger charge is -2.41. The topological polar surface area (TPSA) is 55.7 Å². The smallest absolute Gasteiger partial charge is 0.124 e. The Labute approximate surface area is 127 Å². The SMILES string of the molecule is CC(NC1CCN(C(C)(C)C)CC1)c1ccc(O)cc1O. The number of benzene rings is 1. The quantitative estimate of drug-likeness (QED) is 0.801. The Morgan fingerprint density at radius 1 is 1.19 bits per heavy atom. The molecule has 1 atom stereocenters. The summed E-state index contributed by atoms with van der Waals surface area (Å²) in [4.78, 5) is 2.52. The molecule has 2 rings (SSSR count). The summed E-state index contributed by atoms with van der Waals surface area (Å²) in [5.74, 6) is 0.254. The fourth-order valence-electron chi connectivity index (χ4n) is 3.06. The first kappa shape index (κ1) is 16.1. The summed E-state index contributed by atoms with van der Waals surface area (Å²) in [5.41, 5.74) is 1.08. The first-order valence-electron chi connectivity index (χ1n) is 7.80. The van der Waals surface area contributed by atoms with E-state index in [9.17, 15) is 10.2 Å². The Morgan fingerprint density at radius 3 is 2.33 bits per heavy atom. The molecule has 0 saturated carbocycles. The van der Waals surface area contributed by atoms with Crippen LogP contribution in [0.2, 0.25) is 0 Å². The van der Waals surface area contributed by atoms with Crippen molar-refractivity contribution in [2.45, 2.75) is 58.2 Å². The molecule has 1 saturated heterocycles. The lowest BCUT2D eigenvalue weighted by atomic mass is 9.96. The highest BCUT2D eigenvalue weighted by atomic mass is 16.3. The van der Waals surface area contributed by atoms with Gasteiger partial charge in [0.05, 0.1) is 0 Å². The second-order valence-electron chi connectivity index (χ2n) is 7.06. The normalized spacial score (nSPS) is 19.6. The van der Waals surface area contributed by atoms with Crippen molar-refractivity contribution < 1.29 is 10.2 Å². The van der Waals surface area contributed by atoms with Gasteiger partial charge in [0, 0.05) is 42.3 Å². The summed E-state index contributed by atoms with van der Waals surface area (Å²) in [7, 11) is 0. The number of phenols is 2.